The van der Waals surface area contributed by atoms with Crippen molar-refractivity contribution < 1.29 is 33.0 Å². The van der Waals surface area contributed by atoms with Gasteiger partial charge in [0.2, 0.25) is 0 Å². The van der Waals surface area contributed by atoms with Gasteiger partial charge in [-0.05, 0) is 24.3 Å². The summed E-state index contributed by atoms with van der Waals surface area (Å²) in [6, 6.07) is 4.16. The second-order valence-corrected chi connectivity index (χ2v) is 4.32. The van der Waals surface area contributed by atoms with Crippen LogP contribution in [-0.4, -0.2) is 35.2 Å². The van der Waals surface area contributed by atoms with Gasteiger partial charge in [-0.2, -0.15) is 13.2 Å². The maximum absolute atomic E-state index is 12.5. The van der Waals surface area contributed by atoms with Gasteiger partial charge in [0, 0.05) is 18.8 Å². The fourth-order valence-electron chi connectivity index (χ4n) is 1.69. The van der Waals surface area contributed by atoms with Crippen LogP contribution in [0.4, 0.5) is 18.9 Å². The molecule has 1 aromatic rings. The molecule has 0 heterocycles. The molecular weight excluding hydrogens is 291 g/mol. The number of rotatable bonds is 7. The molecule has 0 aromatic heterocycles. The van der Waals surface area contributed by atoms with Crippen LogP contribution >= 0.6 is 0 Å². The maximum Gasteiger partial charge on any atom is 0.416 e. The predicted molar refractivity (Wildman–Crippen MR) is 68.2 cm³/mol. The first-order valence-corrected chi connectivity index (χ1v) is 6.06. The third kappa shape index (κ3) is 5.72. The topological polar surface area (TPSA) is 77.8 Å². The highest BCUT2D eigenvalue weighted by Gasteiger charge is 2.30. The van der Waals surface area contributed by atoms with Crippen LogP contribution in [0, 0.1) is 0 Å². The van der Waals surface area contributed by atoms with Crippen LogP contribution in [0.25, 0.3) is 0 Å². The molecule has 0 radical (unpaired) electrons. The van der Waals surface area contributed by atoms with Gasteiger partial charge in [-0.3, -0.25) is 9.59 Å². The Balaban J connectivity index is 2.85. The quantitative estimate of drug-likeness (QED) is 0.809. The van der Waals surface area contributed by atoms with Crippen LogP contribution in [0.2, 0.25) is 0 Å². The Hall–Kier alpha value is -2.25. The Bertz CT molecular complexity index is 481. The average Bonchev–Trinajstić information content (AvgIpc) is 2.37. The van der Waals surface area contributed by atoms with E-state index < -0.39 is 23.7 Å². The summed E-state index contributed by atoms with van der Waals surface area (Å²) in [5.74, 6) is -2.13. The van der Waals surface area contributed by atoms with Crippen molar-refractivity contribution in [3.63, 3.8) is 0 Å². The van der Waals surface area contributed by atoms with E-state index in [1.807, 2.05) is 0 Å². The summed E-state index contributed by atoms with van der Waals surface area (Å²) in [5, 5.41) is 17.3. The Morgan fingerprint density at radius 3 is 1.71 bits per heavy atom. The molecule has 21 heavy (non-hydrogen) atoms. The predicted octanol–water partition coefficient (Wildman–Crippen LogP) is 2.46. The number of nitrogens with zero attached hydrogens (tertiary/aromatic N) is 1. The van der Waals surface area contributed by atoms with Crippen molar-refractivity contribution in [1.29, 1.82) is 0 Å². The fourth-order valence-corrected chi connectivity index (χ4v) is 1.69. The van der Waals surface area contributed by atoms with E-state index >= 15 is 0 Å². The molecule has 116 valence electrons. The lowest BCUT2D eigenvalue weighted by Crippen LogP contribution is -2.28. The van der Waals surface area contributed by atoms with Crippen molar-refractivity contribution >= 4 is 17.6 Å². The fraction of sp³-hybridized carbons (Fsp3) is 0.385. The van der Waals surface area contributed by atoms with Crippen molar-refractivity contribution in [2.45, 2.75) is 19.0 Å². The molecule has 2 N–H and O–H groups in total. The monoisotopic (exact) mass is 305 g/mol. The lowest BCUT2D eigenvalue weighted by Gasteiger charge is -2.23. The number of anilines is 1. The third-order valence-electron chi connectivity index (χ3n) is 2.75. The van der Waals surface area contributed by atoms with E-state index in [-0.39, 0.29) is 25.9 Å². The number of halogens is 3. The highest BCUT2D eigenvalue weighted by atomic mass is 19.4. The Morgan fingerprint density at radius 2 is 1.38 bits per heavy atom. The normalized spacial score (nSPS) is 11.2. The van der Waals surface area contributed by atoms with Crippen molar-refractivity contribution in [3.05, 3.63) is 29.8 Å². The third-order valence-corrected chi connectivity index (χ3v) is 2.75. The number of hydrogen-bond donors (Lipinski definition) is 2. The zero-order valence-electron chi connectivity index (χ0n) is 10.9. The van der Waals surface area contributed by atoms with Gasteiger partial charge in [0.1, 0.15) is 0 Å². The molecule has 0 amide bonds. The summed E-state index contributed by atoms with van der Waals surface area (Å²) in [6.07, 6.45) is -4.92. The average molecular weight is 305 g/mol. The second kappa shape index (κ2) is 6.96. The van der Waals surface area contributed by atoms with Gasteiger partial charge in [-0.1, -0.05) is 0 Å². The molecule has 8 heteroatoms. The molecule has 0 unspecified atom stereocenters. The van der Waals surface area contributed by atoms with Crippen LogP contribution in [-0.2, 0) is 15.8 Å². The Labute approximate surface area is 118 Å². The first-order chi connectivity index (χ1) is 9.70. The molecule has 0 aliphatic heterocycles. The summed E-state index contributed by atoms with van der Waals surface area (Å²) < 4.78 is 37.4. The summed E-state index contributed by atoms with van der Waals surface area (Å²) in [7, 11) is 0. The molecule has 0 saturated heterocycles. The van der Waals surface area contributed by atoms with Crippen molar-refractivity contribution in [2.24, 2.45) is 0 Å². The minimum Gasteiger partial charge on any atom is -0.481 e. The molecule has 0 aliphatic carbocycles. The van der Waals surface area contributed by atoms with E-state index in [0.29, 0.717) is 5.69 Å². The van der Waals surface area contributed by atoms with E-state index in [2.05, 4.69) is 0 Å². The number of alkyl halides is 3. The lowest BCUT2D eigenvalue weighted by atomic mass is 10.1. The van der Waals surface area contributed by atoms with E-state index in [9.17, 15) is 22.8 Å². The van der Waals surface area contributed by atoms with Gasteiger partial charge in [-0.25, -0.2) is 0 Å². The molecule has 5 nitrogen and oxygen atoms in total. The Morgan fingerprint density at radius 1 is 0.952 bits per heavy atom. The summed E-state index contributed by atoms with van der Waals surface area (Å²) in [4.78, 5) is 22.6. The number of aliphatic carboxylic acids is 2. The van der Waals surface area contributed by atoms with Crippen molar-refractivity contribution in [2.75, 3.05) is 18.0 Å². The highest BCUT2D eigenvalue weighted by molar-refractivity contribution is 5.69. The Kier molecular flexibility index (Phi) is 5.57. The number of carboxylic acids is 2. The van der Waals surface area contributed by atoms with Crippen LogP contribution in [0.15, 0.2) is 24.3 Å². The number of hydrogen-bond acceptors (Lipinski definition) is 3. The number of benzene rings is 1. The summed E-state index contributed by atoms with van der Waals surface area (Å²) in [5.41, 5.74) is -0.465. The van der Waals surface area contributed by atoms with Crippen LogP contribution in [0.3, 0.4) is 0 Å². The highest BCUT2D eigenvalue weighted by Crippen LogP contribution is 2.30. The van der Waals surface area contributed by atoms with E-state index in [4.69, 9.17) is 10.2 Å². The van der Waals surface area contributed by atoms with Crippen molar-refractivity contribution in [1.82, 2.24) is 0 Å². The van der Waals surface area contributed by atoms with Crippen LogP contribution < -0.4 is 4.90 Å². The molecule has 0 spiro atoms. The van der Waals surface area contributed by atoms with Crippen LogP contribution in [0.5, 0.6) is 0 Å². The molecule has 1 rings (SSSR count). The molecule has 0 bridgehead atoms. The summed E-state index contributed by atoms with van der Waals surface area (Å²) in [6.45, 7) is 0.0436. The molecule has 0 fully saturated rings. The van der Waals surface area contributed by atoms with Gasteiger partial charge in [-0.15, -0.1) is 0 Å². The molecular formula is C13H14F3NO4. The molecule has 0 atom stereocenters. The zero-order chi connectivity index (χ0) is 16.0. The smallest absolute Gasteiger partial charge is 0.416 e. The zero-order valence-corrected chi connectivity index (χ0v) is 10.9. The first kappa shape index (κ1) is 16.8. The van der Waals surface area contributed by atoms with Gasteiger partial charge in [0.25, 0.3) is 0 Å². The minimum absolute atomic E-state index is 0.0218. The van der Waals surface area contributed by atoms with E-state index in [0.717, 1.165) is 12.1 Å². The van der Waals surface area contributed by atoms with Gasteiger partial charge < -0.3 is 15.1 Å². The van der Waals surface area contributed by atoms with E-state index in [1.165, 1.54) is 17.0 Å². The van der Waals surface area contributed by atoms with Gasteiger partial charge in [0.15, 0.2) is 0 Å². The summed E-state index contributed by atoms with van der Waals surface area (Å²) >= 11 is 0. The molecule has 0 saturated carbocycles. The van der Waals surface area contributed by atoms with Crippen LogP contribution in [0.1, 0.15) is 18.4 Å². The van der Waals surface area contributed by atoms with E-state index in [1.54, 1.807) is 0 Å². The number of carboxylic acid groups (broad SMARTS) is 2. The molecule has 1 aromatic carbocycles. The molecule has 0 aliphatic rings. The van der Waals surface area contributed by atoms with Gasteiger partial charge >= 0.3 is 18.1 Å². The largest absolute Gasteiger partial charge is 0.481 e. The standard InChI is InChI=1S/C13H14F3NO4/c14-13(15,16)9-1-3-10(4-2-9)17(7-5-11(18)19)8-6-12(20)21/h1-4H,5-8H2,(H,18,19)(H,20,21). The van der Waals surface area contributed by atoms with Gasteiger partial charge in [0.05, 0.1) is 18.4 Å². The SMILES string of the molecule is O=C(O)CCN(CCC(=O)O)c1ccc(C(F)(F)F)cc1. The number of carbonyl (C=O) groups is 2. The maximum atomic E-state index is 12.5. The van der Waals surface area contributed by atoms with Crippen molar-refractivity contribution in [3.8, 4) is 0 Å². The minimum atomic E-state index is -4.45. The first-order valence-electron chi connectivity index (χ1n) is 6.06. The second-order valence-electron chi connectivity index (χ2n) is 4.32. The lowest BCUT2D eigenvalue weighted by molar-refractivity contribution is -0.138.